The van der Waals surface area contributed by atoms with Gasteiger partial charge in [0.05, 0.1) is 13.0 Å². The molecule has 0 aromatic heterocycles. The smallest absolute Gasteiger partial charge is 0.228 e. The van der Waals surface area contributed by atoms with E-state index < -0.39 is 0 Å². The van der Waals surface area contributed by atoms with E-state index in [9.17, 15) is 4.79 Å². The van der Waals surface area contributed by atoms with Crippen LogP contribution in [0.2, 0.25) is 0 Å². The van der Waals surface area contributed by atoms with Crippen molar-refractivity contribution >= 4 is 5.91 Å². The number of rotatable bonds is 4. The van der Waals surface area contributed by atoms with Gasteiger partial charge in [-0.15, -0.1) is 0 Å². The number of carbonyl (C=O) groups is 1. The van der Waals surface area contributed by atoms with Gasteiger partial charge >= 0.3 is 0 Å². The van der Waals surface area contributed by atoms with Crippen LogP contribution in [0.1, 0.15) is 67.6 Å². The molecule has 1 spiro atoms. The monoisotopic (exact) mass is 487 g/mol. The molecule has 192 valence electrons. The largest absolute Gasteiger partial charge is 0.496 e. The number of fused-ring (bicyclic) bond motifs is 2. The number of methoxy groups -OCH3 is 1. The molecular formula is C31H41N3O2. The van der Waals surface area contributed by atoms with Crippen LogP contribution in [0.15, 0.2) is 48.5 Å². The highest BCUT2D eigenvalue weighted by Crippen LogP contribution is 2.45. The van der Waals surface area contributed by atoms with Crippen molar-refractivity contribution in [3.63, 3.8) is 0 Å². The van der Waals surface area contributed by atoms with Gasteiger partial charge in [0, 0.05) is 49.7 Å². The number of hydrogen-bond donors (Lipinski definition) is 2. The highest BCUT2D eigenvalue weighted by atomic mass is 16.5. The summed E-state index contributed by atoms with van der Waals surface area (Å²) in [6.45, 7) is 4.11. The molecule has 3 heterocycles. The summed E-state index contributed by atoms with van der Waals surface area (Å²) >= 11 is 0. The molecule has 4 aliphatic rings. The Balaban J connectivity index is 1.31. The Labute approximate surface area is 216 Å². The third-order valence-corrected chi connectivity index (χ3v) is 9.78. The van der Waals surface area contributed by atoms with Crippen molar-refractivity contribution in [3.8, 4) is 5.75 Å². The fraction of sp³-hybridized carbons (Fsp3) is 0.581. The number of nitrogens with zero attached hydrogens (tertiary/aromatic N) is 1. The number of likely N-dealkylation sites (tertiary alicyclic amines) is 1. The van der Waals surface area contributed by atoms with Crippen LogP contribution in [0, 0.1) is 11.8 Å². The lowest BCUT2D eigenvalue weighted by atomic mass is 9.67. The summed E-state index contributed by atoms with van der Waals surface area (Å²) in [6.07, 6.45) is 8.68. The quantitative estimate of drug-likeness (QED) is 0.661. The van der Waals surface area contributed by atoms with E-state index in [1.54, 1.807) is 7.11 Å². The van der Waals surface area contributed by atoms with E-state index in [1.807, 2.05) is 6.07 Å². The fourth-order valence-electron chi connectivity index (χ4n) is 7.93. The summed E-state index contributed by atoms with van der Waals surface area (Å²) in [7, 11) is 1.75. The van der Waals surface area contributed by atoms with Gasteiger partial charge in [-0.05, 0) is 54.7 Å². The van der Waals surface area contributed by atoms with Crippen molar-refractivity contribution in [1.82, 2.24) is 15.5 Å². The van der Waals surface area contributed by atoms with Gasteiger partial charge in [-0.2, -0.15) is 0 Å². The third-order valence-electron chi connectivity index (χ3n) is 9.78. The van der Waals surface area contributed by atoms with Crippen molar-refractivity contribution in [3.05, 3.63) is 65.2 Å². The molecule has 36 heavy (non-hydrogen) atoms. The van der Waals surface area contributed by atoms with Crippen LogP contribution in [0.3, 0.4) is 0 Å². The van der Waals surface area contributed by atoms with E-state index in [-0.39, 0.29) is 11.3 Å². The zero-order valence-corrected chi connectivity index (χ0v) is 21.7. The summed E-state index contributed by atoms with van der Waals surface area (Å²) in [6, 6.07) is 17.8. The van der Waals surface area contributed by atoms with Gasteiger partial charge in [-0.1, -0.05) is 61.7 Å². The second-order valence-corrected chi connectivity index (χ2v) is 11.6. The van der Waals surface area contributed by atoms with Gasteiger partial charge in [0.2, 0.25) is 5.91 Å². The summed E-state index contributed by atoms with van der Waals surface area (Å²) < 4.78 is 5.72. The molecule has 3 fully saturated rings. The van der Waals surface area contributed by atoms with Crippen LogP contribution < -0.4 is 15.4 Å². The van der Waals surface area contributed by atoms with Gasteiger partial charge in [-0.3, -0.25) is 4.79 Å². The summed E-state index contributed by atoms with van der Waals surface area (Å²) in [5.74, 6) is 2.45. The molecule has 2 N–H and O–H groups in total. The molecule has 2 aromatic rings. The average molecular weight is 488 g/mol. The van der Waals surface area contributed by atoms with Crippen LogP contribution in [-0.4, -0.2) is 50.1 Å². The molecule has 5 nitrogen and oxygen atoms in total. The highest BCUT2D eigenvalue weighted by molar-refractivity contribution is 5.82. The van der Waals surface area contributed by atoms with E-state index in [0.29, 0.717) is 23.8 Å². The molecule has 5 heteroatoms. The molecule has 2 aromatic carbocycles. The second kappa shape index (κ2) is 10.2. The molecular weight excluding hydrogens is 446 g/mol. The molecule has 1 aliphatic carbocycles. The normalized spacial score (nSPS) is 30.8. The Hall–Kier alpha value is -2.37. The number of carbonyl (C=O) groups excluding carboxylic acids is 1. The van der Waals surface area contributed by atoms with Gasteiger partial charge in [0.1, 0.15) is 5.75 Å². The van der Waals surface area contributed by atoms with Crippen LogP contribution in [0.4, 0.5) is 0 Å². The Bertz CT molecular complexity index is 1070. The Morgan fingerprint density at radius 3 is 2.58 bits per heavy atom. The number of benzene rings is 2. The van der Waals surface area contributed by atoms with E-state index in [2.05, 4.69) is 58.0 Å². The summed E-state index contributed by atoms with van der Waals surface area (Å²) in [5, 5.41) is 7.28. The molecule has 1 saturated carbocycles. The number of nitrogens with one attached hydrogen (secondary N) is 2. The van der Waals surface area contributed by atoms with Gasteiger partial charge < -0.3 is 20.3 Å². The fourth-order valence-corrected chi connectivity index (χ4v) is 7.93. The maximum absolute atomic E-state index is 14.6. The van der Waals surface area contributed by atoms with Gasteiger partial charge in [0.25, 0.3) is 0 Å². The zero-order valence-electron chi connectivity index (χ0n) is 21.7. The van der Waals surface area contributed by atoms with Gasteiger partial charge in [-0.25, -0.2) is 0 Å². The predicted molar refractivity (Wildman–Crippen MR) is 143 cm³/mol. The lowest BCUT2D eigenvalue weighted by molar-refractivity contribution is -0.142. The molecule has 0 bridgehead atoms. The Morgan fingerprint density at radius 1 is 0.972 bits per heavy atom. The first-order valence-electron chi connectivity index (χ1n) is 14.1. The average Bonchev–Trinajstić information content (AvgIpc) is 3.37. The molecule has 3 aliphatic heterocycles. The predicted octanol–water partition coefficient (Wildman–Crippen LogP) is 4.61. The maximum atomic E-state index is 14.6. The summed E-state index contributed by atoms with van der Waals surface area (Å²) in [5.41, 5.74) is 3.76. The van der Waals surface area contributed by atoms with Crippen LogP contribution in [-0.2, 0) is 16.8 Å². The van der Waals surface area contributed by atoms with Crippen molar-refractivity contribution in [2.24, 2.45) is 11.8 Å². The number of ether oxygens (including phenoxy) is 1. The van der Waals surface area contributed by atoms with Crippen molar-refractivity contribution < 1.29 is 9.53 Å². The second-order valence-electron chi connectivity index (χ2n) is 11.6. The van der Waals surface area contributed by atoms with Crippen molar-refractivity contribution in [1.29, 1.82) is 0 Å². The van der Waals surface area contributed by atoms with Crippen LogP contribution >= 0.6 is 0 Å². The molecule has 6 rings (SSSR count). The first-order valence-corrected chi connectivity index (χ1v) is 14.1. The van der Waals surface area contributed by atoms with Crippen LogP contribution in [0.5, 0.6) is 5.75 Å². The summed E-state index contributed by atoms with van der Waals surface area (Å²) in [4.78, 5) is 16.9. The van der Waals surface area contributed by atoms with Gasteiger partial charge in [0.15, 0.2) is 0 Å². The first-order chi connectivity index (χ1) is 17.7. The van der Waals surface area contributed by atoms with Crippen molar-refractivity contribution in [2.75, 3.05) is 33.3 Å². The topological polar surface area (TPSA) is 53.6 Å². The Kier molecular flexibility index (Phi) is 6.78. The Morgan fingerprint density at radius 2 is 1.78 bits per heavy atom. The number of hydrogen-bond acceptors (Lipinski definition) is 4. The van der Waals surface area contributed by atoms with E-state index >= 15 is 0 Å². The van der Waals surface area contributed by atoms with E-state index in [4.69, 9.17) is 4.74 Å². The standard InChI is InChI=1S/C31H41N3O2/c1-36-29-14-8-13-26-25(29)18-32-20-31(26)21-33-19-27(31)30(35)34-16-15-24(22-9-4-2-5-10-22)17-28(34)23-11-6-3-7-12-23/h2,4-5,8-10,13-14,23-24,27-28,32-33H,3,6-7,11-12,15-21H2,1H3/t24-,27?,28+,31+/m1/s1. The molecule has 4 atom stereocenters. The third kappa shape index (κ3) is 4.14. The lowest BCUT2D eigenvalue weighted by Gasteiger charge is -2.48. The minimum absolute atomic E-state index is 0.0458. The zero-order chi connectivity index (χ0) is 24.5. The minimum atomic E-state index is -0.216. The van der Waals surface area contributed by atoms with Crippen LogP contribution in [0.25, 0.3) is 0 Å². The maximum Gasteiger partial charge on any atom is 0.228 e. The number of piperidine rings is 1. The molecule has 1 unspecified atom stereocenters. The highest BCUT2D eigenvalue weighted by Gasteiger charge is 2.53. The minimum Gasteiger partial charge on any atom is -0.496 e. The molecule has 0 radical (unpaired) electrons. The number of amides is 1. The van der Waals surface area contributed by atoms with Crippen molar-refractivity contribution in [2.45, 2.75) is 68.9 Å². The van der Waals surface area contributed by atoms with E-state index in [1.165, 1.54) is 48.8 Å². The van der Waals surface area contributed by atoms with E-state index in [0.717, 1.165) is 51.3 Å². The lowest BCUT2D eigenvalue weighted by Crippen LogP contribution is -2.57. The molecule has 1 amide bonds. The SMILES string of the molecule is COc1cccc2c1CNC[C@]21CNCC1C(=O)N1CC[C@@H](c2ccccc2)C[C@H]1C1CCCCC1. The first kappa shape index (κ1) is 24.0. The molecule has 2 saturated heterocycles.